The molecule has 3 heterocycles. The van der Waals surface area contributed by atoms with Gasteiger partial charge in [0.1, 0.15) is 5.82 Å². The Balaban J connectivity index is 1.25. The van der Waals surface area contributed by atoms with Gasteiger partial charge >= 0.3 is 0 Å². The fourth-order valence-corrected chi connectivity index (χ4v) is 7.84. The zero-order valence-corrected chi connectivity index (χ0v) is 29.7. The van der Waals surface area contributed by atoms with Crippen LogP contribution in [0.5, 0.6) is 0 Å². The second-order valence-electron chi connectivity index (χ2n) is 13.5. The molecule has 11 aromatic rings. The molecule has 0 N–H and O–H groups in total. The number of rotatable bonds is 6. The molecule has 0 saturated heterocycles. The molecule has 0 amide bonds. The lowest BCUT2D eigenvalue weighted by Gasteiger charge is -2.13. The fraction of sp³-hybridized carbons (Fsp3) is 0. The maximum atomic E-state index is 9.68. The van der Waals surface area contributed by atoms with Gasteiger partial charge in [-0.3, -0.25) is 4.57 Å². The fourth-order valence-electron chi connectivity index (χ4n) is 7.84. The number of nitrogens with zero attached hydrogens (tertiary/aromatic N) is 4. The summed E-state index contributed by atoms with van der Waals surface area (Å²) in [5.74, 6) is 1.13. The third kappa shape index (κ3) is 5.23. The Morgan fingerprint density at radius 3 is 1.88 bits per heavy atom. The summed E-state index contributed by atoms with van der Waals surface area (Å²) in [6.45, 7) is 0. The van der Waals surface area contributed by atoms with Crippen molar-refractivity contribution in [2.75, 3.05) is 0 Å². The van der Waals surface area contributed by atoms with Gasteiger partial charge in [-0.1, -0.05) is 164 Å². The van der Waals surface area contributed by atoms with Crippen LogP contribution in [0.4, 0.5) is 0 Å². The predicted octanol–water partition coefficient (Wildman–Crippen LogP) is 13.3. The molecule has 4 nitrogen and oxygen atoms in total. The predicted molar refractivity (Wildman–Crippen MR) is 232 cm³/mol. The lowest BCUT2D eigenvalue weighted by molar-refractivity contribution is 1.05. The van der Waals surface area contributed by atoms with Crippen LogP contribution in [0.3, 0.4) is 0 Å². The summed E-state index contributed by atoms with van der Waals surface area (Å²) in [4.78, 5) is 10.5. The highest BCUT2D eigenvalue weighted by Crippen LogP contribution is 2.42. The van der Waals surface area contributed by atoms with Crippen molar-refractivity contribution in [3.63, 3.8) is 0 Å². The van der Waals surface area contributed by atoms with Gasteiger partial charge in [-0.05, 0) is 58.6 Å². The molecule has 3 aromatic heterocycles. The molecule has 0 aliphatic rings. The van der Waals surface area contributed by atoms with Gasteiger partial charge in [0.05, 0.1) is 40.1 Å². The Morgan fingerprint density at radius 2 is 1.07 bits per heavy atom. The summed E-state index contributed by atoms with van der Waals surface area (Å²) < 4.78 is 83.4. The second kappa shape index (κ2) is 13.1. The van der Waals surface area contributed by atoms with E-state index in [4.69, 9.17) is 19.6 Å². The van der Waals surface area contributed by atoms with Crippen LogP contribution in [0, 0.1) is 0 Å². The van der Waals surface area contributed by atoms with Gasteiger partial charge in [-0.2, -0.15) is 0 Å². The topological polar surface area (TPSA) is 35.6 Å². The average molecular weight is 724 g/mol. The first-order chi connectivity index (χ1) is 31.5. The molecule has 8 aromatic carbocycles. The zero-order valence-electron chi connectivity index (χ0n) is 38.7. The van der Waals surface area contributed by atoms with Crippen molar-refractivity contribution in [3.05, 3.63) is 206 Å². The van der Waals surface area contributed by atoms with E-state index in [9.17, 15) is 2.74 Å². The maximum Gasteiger partial charge on any atom is 0.162 e. The van der Waals surface area contributed by atoms with Crippen molar-refractivity contribution < 1.29 is 12.3 Å². The number of hydrogen-bond donors (Lipinski definition) is 0. The van der Waals surface area contributed by atoms with Gasteiger partial charge in [0.25, 0.3) is 0 Å². The summed E-state index contributed by atoms with van der Waals surface area (Å²) in [5, 5.41) is 3.43. The van der Waals surface area contributed by atoms with Crippen LogP contribution in [0.1, 0.15) is 12.3 Å². The van der Waals surface area contributed by atoms with E-state index in [2.05, 4.69) is 41.0 Å². The van der Waals surface area contributed by atoms with E-state index in [1.165, 1.54) is 0 Å². The second-order valence-corrected chi connectivity index (χ2v) is 13.5. The third-order valence-electron chi connectivity index (χ3n) is 10.3. The summed E-state index contributed by atoms with van der Waals surface area (Å²) in [7, 11) is 0. The van der Waals surface area contributed by atoms with Crippen molar-refractivity contribution in [3.8, 4) is 56.4 Å². The lowest BCUT2D eigenvalue weighted by Crippen LogP contribution is -2.03. The molecule has 0 aliphatic carbocycles. The van der Waals surface area contributed by atoms with Crippen LogP contribution in [0.25, 0.3) is 100 Å². The third-order valence-corrected chi connectivity index (χ3v) is 10.3. The molecular weight excluding hydrogens is 681 g/mol. The average Bonchev–Trinajstić information content (AvgIpc) is 3.86. The summed E-state index contributed by atoms with van der Waals surface area (Å²) in [6, 6.07) is 44.9. The maximum absolute atomic E-state index is 9.68. The van der Waals surface area contributed by atoms with Crippen molar-refractivity contribution in [2.24, 2.45) is 0 Å². The summed E-state index contributed by atoms with van der Waals surface area (Å²) in [6.07, 6.45) is 0. The van der Waals surface area contributed by atoms with Gasteiger partial charge in [-0.25, -0.2) is 9.97 Å². The Labute approximate surface area is 336 Å². The summed E-state index contributed by atoms with van der Waals surface area (Å²) in [5.41, 5.74) is 6.66. The van der Waals surface area contributed by atoms with Gasteiger partial charge in [0.15, 0.2) is 5.82 Å². The molecule has 0 aliphatic heterocycles. The van der Waals surface area contributed by atoms with E-state index in [1.54, 1.807) is 4.57 Å². The molecule has 262 valence electrons. The number of hydrogen-bond acceptors (Lipinski definition) is 2. The minimum Gasteiger partial charge on any atom is -0.309 e. The number of benzene rings is 8. The van der Waals surface area contributed by atoms with E-state index < -0.39 is 54.4 Å². The van der Waals surface area contributed by atoms with E-state index >= 15 is 0 Å². The first kappa shape index (κ1) is 24.0. The van der Waals surface area contributed by atoms with Crippen molar-refractivity contribution >= 4 is 43.6 Å². The van der Waals surface area contributed by atoms with E-state index in [1.807, 2.05) is 115 Å². The minimum atomic E-state index is -0.623. The van der Waals surface area contributed by atoms with Gasteiger partial charge in [-0.15, -0.1) is 0 Å². The smallest absolute Gasteiger partial charge is 0.162 e. The molecule has 11 rings (SSSR count). The molecule has 0 unspecified atom stereocenters. The standard InChI is InChI=1S/C52H34N4/c1-4-16-35(17-5-1)38-22-14-24-40(32-38)52-53-45(37-20-8-3-9-21-37)34-49(54-52)56-46-28-12-10-26-42(46)43-30-31-48-50(51(43)56)44-27-11-13-29-47(44)55(48)41-25-15-23-39(33-41)36-18-6-2-7-19-36/h1-34H/i2D,6D,7D,15D,18D,19D,23D,25D,33D. The van der Waals surface area contributed by atoms with E-state index in [0.717, 1.165) is 54.8 Å². The van der Waals surface area contributed by atoms with E-state index in [0.29, 0.717) is 28.4 Å². The van der Waals surface area contributed by atoms with Crippen LogP contribution >= 0.6 is 0 Å². The molecule has 0 saturated carbocycles. The molecule has 0 spiro atoms. The van der Waals surface area contributed by atoms with E-state index in [-0.39, 0.29) is 16.8 Å². The van der Waals surface area contributed by atoms with Crippen LogP contribution in [-0.2, 0) is 0 Å². The molecular formula is C52H34N4. The molecule has 0 atom stereocenters. The molecule has 56 heavy (non-hydrogen) atoms. The highest BCUT2D eigenvalue weighted by atomic mass is 15.1. The number of aromatic nitrogens is 4. The van der Waals surface area contributed by atoms with Gasteiger partial charge in [0, 0.05) is 44.4 Å². The first-order valence-corrected chi connectivity index (χ1v) is 18.3. The van der Waals surface area contributed by atoms with Crippen LogP contribution in [-0.4, -0.2) is 19.1 Å². The van der Waals surface area contributed by atoms with Crippen LogP contribution in [0.2, 0.25) is 0 Å². The lowest BCUT2D eigenvalue weighted by atomic mass is 10.0. The monoisotopic (exact) mass is 723 g/mol. The normalized spacial score (nSPS) is 13.8. The number of para-hydroxylation sites is 2. The van der Waals surface area contributed by atoms with Gasteiger partial charge in [0.2, 0.25) is 0 Å². The molecule has 0 bridgehead atoms. The SMILES string of the molecule is [2H]c1c([2H])c([2H])c(-c2c([2H])c([2H])c([2H])c(-n3c4ccccc4c4c3ccc3c5ccccc5n(-c5cc(-c6ccccc6)nc(-c6cccc(-c7ccccc7)c6)n5)c34)c2[2H])c([2H])c1[2H]. The number of fused-ring (bicyclic) bond motifs is 7. The molecule has 0 fully saturated rings. The quantitative estimate of drug-likeness (QED) is 0.171. The highest BCUT2D eigenvalue weighted by molar-refractivity contribution is 6.26. The Hall–Kier alpha value is -7.56. The van der Waals surface area contributed by atoms with Crippen molar-refractivity contribution in [1.82, 2.24) is 19.1 Å². The zero-order chi connectivity index (χ0) is 44.8. The van der Waals surface area contributed by atoms with Crippen molar-refractivity contribution in [1.29, 1.82) is 0 Å². The Kier molecular flexibility index (Phi) is 5.60. The first-order valence-electron chi connectivity index (χ1n) is 22.8. The van der Waals surface area contributed by atoms with Crippen LogP contribution < -0.4 is 0 Å². The Bertz CT molecular complexity index is 3740. The molecule has 4 heteroatoms. The molecule has 0 radical (unpaired) electrons. The van der Waals surface area contributed by atoms with Crippen LogP contribution in [0.15, 0.2) is 206 Å². The Morgan fingerprint density at radius 1 is 0.411 bits per heavy atom. The highest BCUT2D eigenvalue weighted by Gasteiger charge is 2.22. The minimum absolute atomic E-state index is 0.0602. The van der Waals surface area contributed by atoms with Crippen molar-refractivity contribution in [2.45, 2.75) is 0 Å². The van der Waals surface area contributed by atoms with Gasteiger partial charge < -0.3 is 4.57 Å². The largest absolute Gasteiger partial charge is 0.309 e. The summed E-state index contributed by atoms with van der Waals surface area (Å²) >= 11 is 0.